The number of nitrogens with one attached hydrogen (secondary N) is 1. The molecule has 2 aromatic carbocycles. The summed E-state index contributed by atoms with van der Waals surface area (Å²) in [5, 5.41) is 2.97. The average Bonchev–Trinajstić information content (AvgIpc) is 3.22. The summed E-state index contributed by atoms with van der Waals surface area (Å²) < 4.78 is 11.8. The van der Waals surface area contributed by atoms with Crippen molar-refractivity contribution < 1.29 is 14.3 Å². The maximum absolute atomic E-state index is 12.6. The molecule has 1 aliphatic heterocycles. The number of nitrogens with zero attached hydrogens (tertiary/aromatic N) is 1. The largest absolute Gasteiger partial charge is 0.490 e. The Labute approximate surface area is 179 Å². The van der Waals surface area contributed by atoms with E-state index in [1.165, 1.54) is 18.4 Å². The maximum Gasteiger partial charge on any atom is 0.255 e. The second-order valence-electron chi connectivity index (χ2n) is 8.65. The van der Waals surface area contributed by atoms with Gasteiger partial charge in [0, 0.05) is 30.9 Å². The van der Waals surface area contributed by atoms with Gasteiger partial charge in [0.15, 0.2) is 0 Å². The van der Waals surface area contributed by atoms with E-state index < -0.39 is 0 Å². The van der Waals surface area contributed by atoms with Crippen LogP contribution in [0.4, 0.5) is 5.69 Å². The van der Waals surface area contributed by atoms with E-state index in [0.29, 0.717) is 11.7 Å². The Morgan fingerprint density at radius 3 is 2.27 bits per heavy atom. The predicted octanol–water partition coefficient (Wildman–Crippen LogP) is 4.87. The van der Waals surface area contributed by atoms with Gasteiger partial charge >= 0.3 is 0 Å². The lowest BCUT2D eigenvalue weighted by molar-refractivity contribution is -0.0704. The van der Waals surface area contributed by atoms with Crippen molar-refractivity contribution in [1.29, 1.82) is 0 Å². The monoisotopic (exact) mass is 408 g/mol. The van der Waals surface area contributed by atoms with Crippen molar-refractivity contribution >= 4 is 11.6 Å². The number of hydrogen-bond acceptors (Lipinski definition) is 4. The Bertz CT molecular complexity index is 818. The van der Waals surface area contributed by atoms with E-state index in [2.05, 4.69) is 24.1 Å². The highest BCUT2D eigenvalue weighted by Gasteiger charge is 2.22. The summed E-state index contributed by atoms with van der Waals surface area (Å²) in [4.78, 5) is 15.0. The van der Waals surface area contributed by atoms with Crippen LogP contribution in [-0.2, 0) is 11.3 Å². The summed E-state index contributed by atoms with van der Waals surface area (Å²) in [5.41, 5.74) is 2.65. The topological polar surface area (TPSA) is 50.8 Å². The van der Waals surface area contributed by atoms with Gasteiger partial charge in [-0.2, -0.15) is 0 Å². The van der Waals surface area contributed by atoms with E-state index in [0.717, 1.165) is 43.9 Å². The number of anilines is 1. The van der Waals surface area contributed by atoms with Gasteiger partial charge in [0.25, 0.3) is 5.91 Å². The predicted molar refractivity (Wildman–Crippen MR) is 119 cm³/mol. The lowest BCUT2D eigenvalue weighted by Gasteiger charge is -2.35. The van der Waals surface area contributed by atoms with Crippen molar-refractivity contribution in [3.8, 4) is 5.75 Å². The average molecular weight is 409 g/mol. The summed E-state index contributed by atoms with van der Waals surface area (Å²) in [6.45, 7) is 6.98. The zero-order chi connectivity index (χ0) is 20.9. The third-order valence-corrected chi connectivity index (χ3v) is 5.83. The highest BCUT2D eigenvalue weighted by molar-refractivity contribution is 6.04. The van der Waals surface area contributed by atoms with Crippen LogP contribution >= 0.6 is 0 Å². The van der Waals surface area contributed by atoms with Crippen LogP contribution in [0.2, 0.25) is 0 Å². The summed E-state index contributed by atoms with van der Waals surface area (Å²) >= 11 is 0. The number of carbonyl (C=O) groups is 1. The minimum atomic E-state index is -0.0976. The molecule has 5 nitrogen and oxygen atoms in total. The molecule has 1 aliphatic carbocycles. The number of morpholine rings is 1. The molecule has 2 atom stereocenters. The minimum Gasteiger partial charge on any atom is -0.490 e. The summed E-state index contributed by atoms with van der Waals surface area (Å²) in [6.07, 6.45) is 5.64. The highest BCUT2D eigenvalue weighted by Crippen LogP contribution is 2.25. The van der Waals surface area contributed by atoms with Crippen LogP contribution in [0.15, 0.2) is 48.5 Å². The first kappa shape index (κ1) is 20.9. The molecule has 1 heterocycles. The first-order valence-corrected chi connectivity index (χ1v) is 11.1. The normalized spacial score (nSPS) is 22.7. The van der Waals surface area contributed by atoms with Crippen LogP contribution in [0.1, 0.15) is 55.5 Å². The Kier molecular flexibility index (Phi) is 6.70. The first-order valence-electron chi connectivity index (χ1n) is 11.1. The molecular weight excluding hydrogens is 376 g/mol. The highest BCUT2D eigenvalue weighted by atomic mass is 16.5. The molecule has 0 radical (unpaired) electrons. The van der Waals surface area contributed by atoms with Crippen LogP contribution in [0.25, 0.3) is 0 Å². The lowest BCUT2D eigenvalue weighted by atomic mass is 10.1. The molecule has 5 heteroatoms. The molecule has 30 heavy (non-hydrogen) atoms. The molecule has 1 amide bonds. The van der Waals surface area contributed by atoms with Crippen LogP contribution in [0.5, 0.6) is 5.75 Å². The standard InChI is InChI=1S/C25H32N2O3/c1-18-15-27(16-19(2)29-18)17-20-7-9-21(10-8-20)25(28)26-22-11-13-24(14-12-22)30-23-5-3-4-6-23/h7-14,18-19,23H,3-6,15-17H2,1-2H3,(H,26,28). The molecular formula is C25H32N2O3. The van der Waals surface area contributed by atoms with Gasteiger partial charge in [0.1, 0.15) is 5.75 Å². The van der Waals surface area contributed by atoms with Gasteiger partial charge in [-0.05, 0) is 81.5 Å². The fourth-order valence-corrected chi connectivity index (χ4v) is 4.45. The third-order valence-electron chi connectivity index (χ3n) is 5.83. The van der Waals surface area contributed by atoms with Crippen LogP contribution in [0.3, 0.4) is 0 Å². The fraction of sp³-hybridized carbons (Fsp3) is 0.480. The third kappa shape index (κ3) is 5.61. The van der Waals surface area contributed by atoms with E-state index in [9.17, 15) is 4.79 Å². The SMILES string of the molecule is CC1CN(Cc2ccc(C(=O)Nc3ccc(OC4CCCC4)cc3)cc2)CC(C)O1. The smallest absolute Gasteiger partial charge is 0.255 e. The van der Waals surface area contributed by atoms with Gasteiger partial charge in [-0.25, -0.2) is 0 Å². The quantitative estimate of drug-likeness (QED) is 0.741. The van der Waals surface area contributed by atoms with Gasteiger partial charge < -0.3 is 14.8 Å². The number of amides is 1. The summed E-state index contributed by atoms with van der Waals surface area (Å²) in [7, 11) is 0. The molecule has 2 fully saturated rings. The minimum absolute atomic E-state index is 0.0976. The van der Waals surface area contributed by atoms with Crippen molar-refractivity contribution in [2.24, 2.45) is 0 Å². The van der Waals surface area contributed by atoms with E-state index in [4.69, 9.17) is 9.47 Å². The van der Waals surface area contributed by atoms with Crippen LogP contribution in [-0.4, -0.2) is 42.2 Å². The first-order chi connectivity index (χ1) is 14.5. The van der Waals surface area contributed by atoms with Crippen LogP contribution < -0.4 is 10.1 Å². The summed E-state index contributed by atoms with van der Waals surface area (Å²) in [6, 6.07) is 15.5. The zero-order valence-electron chi connectivity index (χ0n) is 18.0. The second-order valence-corrected chi connectivity index (χ2v) is 8.65. The van der Waals surface area contributed by atoms with E-state index in [1.807, 2.05) is 48.5 Å². The molecule has 1 saturated heterocycles. The van der Waals surface area contributed by atoms with Crippen LogP contribution in [0, 0.1) is 0 Å². The number of benzene rings is 2. The zero-order valence-corrected chi connectivity index (χ0v) is 18.0. The van der Waals surface area contributed by atoms with Crippen molar-refractivity contribution in [3.63, 3.8) is 0 Å². The van der Waals surface area contributed by atoms with Crippen molar-refractivity contribution in [1.82, 2.24) is 4.90 Å². The van der Waals surface area contributed by atoms with E-state index >= 15 is 0 Å². The Morgan fingerprint density at radius 2 is 1.63 bits per heavy atom. The second kappa shape index (κ2) is 9.63. The van der Waals surface area contributed by atoms with Crippen molar-refractivity contribution in [3.05, 3.63) is 59.7 Å². The number of ether oxygens (including phenoxy) is 2. The molecule has 0 aromatic heterocycles. The van der Waals surface area contributed by atoms with E-state index in [1.54, 1.807) is 0 Å². The molecule has 0 spiro atoms. The Morgan fingerprint density at radius 1 is 1.00 bits per heavy atom. The molecule has 1 N–H and O–H groups in total. The molecule has 160 valence electrons. The number of carbonyl (C=O) groups excluding carboxylic acids is 1. The Balaban J connectivity index is 1.30. The molecule has 2 aliphatic rings. The number of hydrogen-bond donors (Lipinski definition) is 1. The van der Waals surface area contributed by atoms with E-state index in [-0.39, 0.29) is 18.1 Å². The molecule has 1 saturated carbocycles. The Hall–Kier alpha value is -2.37. The maximum atomic E-state index is 12.6. The van der Waals surface area contributed by atoms with Gasteiger partial charge in [-0.1, -0.05) is 12.1 Å². The lowest BCUT2D eigenvalue weighted by Crippen LogP contribution is -2.44. The van der Waals surface area contributed by atoms with Gasteiger partial charge in [0.2, 0.25) is 0 Å². The molecule has 2 aromatic rings. The van der Waals surface area contributed by atoms with Gasteiger partial charge in [-0.15, -0.1) is 0 Å². The van der Waals surface area contributed by atoms with Gasteiger partial charge in [0.05, 0.1) is 18.3 Å². The van der Waals surface area contributed by atoms with Gasteiger partial charge in [-0.3, -0.25) is 9.69 Å². The molecule has 4 rings (SSSR count). The number of rotatable bonds is 6. The molecule has 0 bridgehead atoms. The van der Waals surface area contributed by atoms with Crippen molar-refractivity contribution in [2.45, 2.75) is 64.4 Å². The summed E-state index contributed by atoms with van der Waals surface area (Å²) in [5.74, 6) is 0.774. The molecule has 2 unspecified atom stereocenters. The fourth-order valence-electron chi connectivity index (χ4n) is 4.45. The van der Waals surface area contributed by atoms with Crippen molar-refractivity contribution in [2.75, 3.05) is 18.4 Å².